The van der Waals surface area contributed by atoms with E-state index in [9.17, 15) is 4.79 Å². The van der Waals surface area contributed by atoms with Crippen LogP contribution in [0.2, 0.25) is 0 Å². The van der Waals surface area contributed by atoms with Gasteiger partial charge in [-0.1, -0.05) is 39.5 Å². The first-order valence-electron chi connectivity index (χ1n) is 8.94. The van der Waals surface area contributed by atoms with Gasteiger partial charge in [0.15, 0.2) is 17.2 Å². The maximum absolute atomic E-state index is 12.1. The third kappa shape index (κ3) is 4.80. The summed E-state index contributed by atoms with van der Waals surface area (Å²) < 4.78 is 17.8. The number of esters is 1. The van der Waals surface area contributed by atoms with E-state index in [1.807, 2.05) is 0 Å². The molecule has 0 radical (unpaired) electrons. The Kier molecular flexibility index (Phi) is 7.71. The summed E-state index contributed by atoms with van der Waals surface area (Å²) in [6, 6.07) is 0. The van der Waals surface area contributed by atoms with Crippen molar-refractivity contribution in [3.63, 3.8) is 0 Å². The summed E-state index contributed by atoms with van der Waals surface area (Å²) in [7, 11) is 0. The average molecular weight is 449 g/mol. The van der Waals surface area contributed by atoms with E-state index in [1.54, 1.807) is 6.92 Å². The zero-order valence-electron chi connectivity index (χ0n) is 14.8. The SMILES string of the molecule is CCCCC(CC)CC1COc2c(I)[nH]c(C(=O)OCC)c2OC1. The van der Waals surface area contributed by atoms with E-state index >= 15 is 0 Å². The second-order valence-electron chi connectivity index (χ2n) is 6.33. The highest BCUT2D eigenvalue weighted by molar-refractivity contribution is 14.1. The van der Waals surface area contributed by atoms with Gasteiger partial charge in [-0.05, 0) is 41.9 Å². The summed E-state index contributed by atoms with van der Waals surface area (Å²) in [6.45, 7) is 7.82. The molecule has 0 amide bonds. The fraction of sp³-hybridized carbons (Fsp3) is 0.722. The van der Waals surface area contributed by atoms with E-state index in [0.29, 0.717) is 48.8 Å². The van der Waals surface area contributed by atoms with Crippen LogP contribution in [-0.4, -0.2) is 30.8 Å². The monoisotopic (exact) mass is 449 g/mol. The molecule has 1 aliphatic rings. The molecule has 2 atom stereocenters. The highest BCUT2D eigenvalue weighted by Crippen LogP contribution is 2.39. The van der Waals surface area contributed by atoms with E-state index < -0.39 is 5.97 Å². The van der Waals surface area contributed by atoms with E-state index in [1.165, 1.54) is 25.7 Å². The van der Waals surface area contributed by atoms with Gasteiger partial charge in [0.2, 0.25) is 0 Å². The van der Waals surface area contributed by atoms with Crippen molar-refractivity contribution in [3.05, 3.63) is 9.39 Å². The number of hydrogen-bond donors (Lipinski definition) is 1. The number of aromatic amines is 1. The van der Waals surface area contributed by atoms with Gasteiger partial charge in [0, 0.05) is 5.92 Å². The van der Waals surface area contributed by atoms with Gasteiger partial charge >= 0.3 is 5.97 Å². The second-order valence-corrected chi connectivity index (χ2v) is 7.41. The van der Waals surface area contributed by atoms with Gasteiger partial charge in [-0.3, -0.25) is 0 Å². The zero-order valence-corrected chi connectivity index (χ0v) is 17.0. The lowest BCUT2D eigenvalue weighted by Crippen LogP contribution is -2.21. The van der Waals surface area contributed by atoms with E-state index in [-0.39, 0.29) is 0 Å². The van der Waals surface area contributed by atoms with Gasteiger partial charge in [0.05, 0.1) is 19.8 Å². The Hall–Kier alpha value is -0.920. The Labute approximate surface area is 158 Å². The molecule has 1 aliphatic heterocycles. The summed E-state index contributed by atoms with van der Waals surface area (Å²) in [6.07, 6.45) is 6.08. The van der Waals surface area contributed by atoms with Crippen LogP contribution in [0.3, 0.4) is 0 Å². The molecule has 24 heavy (non-hydrogen) atoms. The van der Waals surface area contributed by atoms with Gasteiger partial charge in [-0.15, -0.1) is 0 Å². The molecule has 0 saturated heterocycles. The van der Waals surface area contributed by atoms with Crippen molar-refractivity contribution < 1.29 is 19.0 Å². The first-order chi connectivity index (χ1) is 11.6. The molecule has 2 unspecified atom stereocenters. The lowest BCUT2D eigenvalue weighted by atomic mass is 9.89. The number of fused-ring (bicyclic) bond motifs is 1. The highest BCUT2D eigenvalue weighted by Gasteiger charge is 2.29. The number of nitrogens with one attached hydrogen (secondary N) is 1. The molecule has 136 valence electrons. The van der Waals surface area contributed by atoms with Crippen LogP contribution in [0.15, 0.2) is 0 Å². The summed E-state index contributed by atoms with van der Waals surface area (Å²) in [4.78, 5) is 15.1. The third-order valence-corrected chi connectivity index (χ3v) is 5.24. The molecule has 5 nitrogen and oxygen atoms in total. The first-order valence-corrected chi connectivity index (χ1v) is 10.0. The zero-order chi connectivity index (χ0) is 17.5. The maximum Gasteiger partial charge on any atom is 0.358 e. The minimum atomic E-state index is -0.395. The van der Waals surface area contributed by atoms with E-state index in [2.05, 4.69) is 41.4 Å². The Balaban J connectivity index is 2.04. The number of halogens is 1. The standard InChI is InChI=1S/C18H28INO4/c1-4-7-8-12(5-2)9-13-10-23-15-14(18(21)22-6-3)20-17(19)16(15)24-11-13/h12-13,20H,4-11H2,1-3H3. The lowest BCUT2D eigenvalue weighted by Gasteiger charge is -2.20. The van der Waals surface area contributed by atoms with Crippen molar-refractivity contribution in [1.82, 2.24) is 4.98 Å². The highest BCUT2D eigenvalue weighted by atomic mass is 127. The Morgan fingerprint density at radius 3 is 2.62 bits per heavy atom. The number of rotatable bonds is 8. The van der Waals surface area contributed by atoms with Crippen molar-refractivity contribution in [2.75, 3.05) is 19.8 Å². The molecule has 0 saturated carbocycles. The number of carbonyl (C=O) groups excluding carboxylic acids is 1. The predicted octanol–water partition coefficient (Wildman–Crippen LogP) is 4.79. The van der Waals surface area contributed by atoms with Gasteiger partial charge in [-0.2, -0.15) is 0 Å². The molecule has 0 fully saturated rings. The van der Waals surface area contributed by atoms with Crippen LogP contribution in [0.25, 0.3) is 0 Å². The average Bonchev–Trinajstić information content (AvgIpc) is 2.75. The number of unbranched alkanes of at least 4 members (excludes halogenated alkanes) is 1. The van der Waals surface area contributed by atoms with Crippen molar-refractivity contribution >= 4 is 28.6 Å². The van der Waals surface area contributed by atoms with Crippen molar-refractivity contribution in [2.45, 2.75) is 52.9 Å². The minimum Gasteiger partial charge on any atom is -0.487 e. The molecule has 2 rings (SSSR count). The van der Waals surface area contributed by atoms with Crippen molar-refractivity contribution in [3.8, 4) is 11.5 Å². The number of hydrogen-bond acceptors (Lipinski definition) is 4. The number of H-pyrrole nitrogens is 1. The van der Waals surface area contributed by atoms with Crippen molar-refractivity contribution in [2.24, 2.45) is 11.8 Å². The molecule has 1 aromatic heterocycles. The molecular formula is C18H28INO4. The van der Waals surface area contributed by atoms with Gasteiger partial charge in [-0.25, -0.2) is 4.79 Å². The molecule has 1 N–H and O–H groups in total. The number of aromatic nitrogens is 1. The Bertz CT molecular complexity index is 543. The molecule has 2 heterocycles. The molecule has 0 aliphatic carbocycles. The van der Waals surface area contributed by atoms with Crippen LogP contribution in [0.1, 0.15) is 63.4 Å². The van der Waals surface area contributed by atoms with E-state index in [4.69, 9.17) is 14.2 Å². The van der Waals surface area contributed by atoms with Crippen LogP contribution in [0.5, 0.6) is 11.5 Å². The summed E-state index contributed by atoms with van der Waals surface area (Å²) in [5, 5.41) is 0. The summed E-state index contributed by atoms with van der Waals surface area (Å²) in [5.74, 6) is 1.81. The molecule has 0 aromatic carbocycles. The van der Waals surface area contributed by atoms with Crippen LogP contribution < -0.4 is 9.47 Å². The summed E-state index contributed by atoms with van der Waals surface area (Å²) >= 11 is 2.13. The number of carbonyl (C=O) groups is 1. The third-order valence-electron chi connectivity index (χ3n) is 4.48. The molecular weight excluding hydrogens is 421 g/mol. The quantitative estimate of drug-likeness (QED) is 0.458. The van der Waals surface area contributed by atoms with Crippen molar-refractivity contribution in [1.29, 1.82) is 0 Å². The van der Waals surface area contributed by atoms with Crippen LogP contribution >= 0.6 is 22.6 Å². The minimum absolute atomic E-state index is 0.336. The molecule has 0 spiro atoms. The van der Waals surface area contributed by atoms with Crippen LogP contribution in [0, 0.1) is 15.5 Å². The van der Waals surface area contributed by atoms with E-state index in [0.717, 1.165) is 10.1 Å². The fourth-order valence-electron chi connectivity index (χ4n) is 3.09. The first kappa shape index (κ1) is 19.4. The Morgan fingerprint density at radius 2 is 2.00 bits per heavy atom. The molecule has 6 heteroatoms. The lowest BCUT2D eigenvalue weighted by molar-refractivity contribution is 0.0514. The van der Waals surface area contributed by atoms with Gasteiger partial charge in [0.25, 0.3) is 0 Å². The fourth-order valence-corrected chi connectivity index (χ4v) is 3.76. The Morgan fingerprint density at radius 1 is 1.29 bits per heavy atom. The summed E-state index contributed by atoms with van der Waals surface area (Å²) in [5.41, 5.74) is 0.356. The second kappa shape index (κ2) is 9.53. The topological polar surface area (TPSA) is 60.6 Å². The molecule has 1 aromatic rings. The largest absolute Gasteiger partial charge is 0.487 e. The smallest absolute Gasteiger partial charge is 0.358 e. The number of ether oxygens (including phenoxy) is 3. The predicted molar refractivity (Wildman–Crippen MR) is 102 cm³/mol. The molecule has 0 bridgehead atoms. The van der Waals surface area contributed by atoms with Gasteiger partial charge < -0.3 is 19.2 Å². The van der Waals surface area contributed by atoms with Crippen LogP contribution in [0.4, 0.5) is 0 Å². The maximum atomic E-state index is 12.1. The van der Waals surface area contributed by atoms with Crippen LogP contribution in [-0.2, 0) is 4.74 Å². The van der Waals surface area contributed by atoms with Gasteiger partial charge in [0.1, 0.15) is 3.70 Å². The normalized spacial score (nSPS) is 18.1.